The smallest absolute Gasteiger partial charge is 0.120 e. The standard InChI is InChI=1S/C18H22N2OS/c1-11-7-13-12-5-4-6-15-17(12)14(8-16(13)19(2)9-11)18(22-3)20(15)10-21/h4-7,13,16,21H,8-10H2,1-3H3/t13-,16-/m1/s1. The molecule has 0 fully saturated rings. The van der Waals surface area contributed by atoms with Crippen molar-refractivity contribution >= 4 is 22.7 Å². The predicted molar refractivity (Wildman–Crippen MR) is 92.6 cm³/mol. The minimum absolute atomic E-state index is 0.0518. The summed E-state index contributed by atoms with van der Waals surface area (Å²) >= 11 is 1.75. The Labute approximate surface area is 135 Å². The van der Waals surface area contributed by atoms with Gasteiger partial charge in [-0.1, -0.05) is 23.8 Å². The quantitative estimate of drug-likeness (QED) is 0.681. The molecule has 4 rings (SSSR count). The van der Waals surface area contributed by atoms with Crippen LogP contribution in [0.4, 0.5) is 0 Å². The van der Waals surface area contributed by atoms with Crippen LogP contribution in [-0.4, -0.2) is 40.5 Å². The van der Waals surface area contributed by atoms with Gasteiger partial charge in [-0.05, 0) is 43.8 Å². The fraction of sp³-hybridized carbons (Fsp3) is 0.444. The average Bonchev–Trinajstić information content (AvgIpc) is 2.82. The zero-order valence-electron chi connectivity index (χ0n) is 13.3. The second-order valence-corrected chi connectivity index (χ2v) is 7.32. The summed E-state index contributed by atoms with van der Waals surface area (Å²) in [4.78, 5) is 2.49. The van der Waals surface area contributed by atoms with Gasteiger partial charge in [0.1, 0.15) is 6.73 Å². The molecule has 4 heteroatoms. The van der Waals surface area contributed by atoms with Gasteiger partial charge in [-0.25, -0.2) is 0 Å². The van der Waals surface area contributed by atoms with Crippen LogP contribution in [0.5, 0.6) is 0 Å². The largest absolute Gasteiger partial charge is 0.376 e. The van der Waals surface area contributed by atoms with E-state index < -0.39 is 0 Å². The Kier molecular flexibility index (Phi) is 3.36. The third-order valence-electron chi connectivity index (χ3n) is 5.22. The molecule has 2 aliphatic rings. The number of thioether (sulfide) groups is 1. The van der Waals surface area contributed by atoms with Crippen molar-refractivity contribution in [3.8, 4) is 0 Å². The van der Waals surface area contributed by atoms with E-state index in [9.17, 15) is 5.11 Å². The van der Waals surface area contributed by atoms with Crippen LogP contribution in [-0.2, 0) is 13.2 Å². The van der Waals surface area contributed by atoms with Crippen molar-refractivity contribution in [1.29, 1.82) is 0 Å². The number of aliphatic hydroxyl groups is 1. The van der Waals surface area contributed by atoms with E-state index in [1.807, 2.05) is 0 Å². The first-order valence-corrected chi connectivity index (χ1v) is 9.04. The summed E-state index contributed by atoms with van der Waals surface area (Å²) in [6, 6.07) is 7.08. The highest BCUT2D eigenvalue weighted by Gasteiger charge is 2.37. The van der Waals surface area contributed by atoms with Gasteiger partial charge in [0, 0.05) is 23.9 Å². The van der Waals surface area contributed by atoms with Gasteiger partial charge in [-0.3, -0.25) is 4.90 Å². The highest BCUT2D eigenvalue weighted by molar-refractivity contribution is 7.98. The van der Waals surface area contributed by atoms with Gasteiger partial charge in [0.05, 0.1) is 10.5 Å². The van der Waals surface area contributed by atoms with Gasteiger partial charge >= 0.3 is 0 Å². The Morgan fingerprint density at radius 2 is 2.18 bits per heavy atom. The van der Waals surface area contributed by atoms with E-state index in [-0.39, 0.29) is 6.73 Å². The van der Waals surface area contributed by atoms with Crippen LogP contribution in [0.25, 0.3) is 10.9 Å². The topological polar surface area (TPSA) is 28.4 Å². The first-order valence-electron chi connectivity index (χ1n) is 7.82. The third kappa shape index (κ3) is 1.84. The number of nitrogens with zero attached hydrogens (tertiary/aromatic N) is 2. The van der Waals surface area contributed by atoms with E-state index in [1.165, 1.54) is 32.6 Å². The van der Waals surface area contributed by atoms with Crippen LogP contribution >= 0.6 is 11.8 Å². The van der Waals surface area contributed by atoms with Crippen molar-refractivity contribution < 1.29 is 5.11 Å². The monoisotopic (exact) mass is 314 g/mol. The minimum Gasteiger partial charge on any atom is -0.376 e. The Bertz CT molecular complexity index is 777. The molecule has 1 aliphatic heterocycles. The molecule has 0 bridgehead atoms. The molecule has 1 aromatic carbocycles. The van der Waals surface area contributed by atoms with Gasteiger partial charge in [0.15, 0.2) is 0 Å². The van der Waals surface area contributed by atoms with Gasteiger partial charge in [-0.15, -0.1) is 11.8 Å². The third-order valence-corrected chi connectivity index (χ3v) is 6.07. The number of aromatic nitrogens is 1. The first-order chi connectivity index (χ1) is 10.7. The van der Waals surface area contributed by atoms with Crippen molar-refractivity contribution in [2.24, 2.45) is 0 Å². The summed E-state index contributed by atoms with van der Waals surface area (Å²) in [6.45, 7) is 3.34. The fourth-order valence-electron chi connectivity index (χ4n) is 4.38. The molecule has 0 saturated carbocycles. The van der Waals surface area contributed by atoms with Crippen molar-refractivity contribution in [2.45, 2.75) is 37.1 Å². The first kappa shape index (κ1) is 14.4. The molecule has 1 aliphatic carbocycles. The van der Waals surface area contributed by atoms with Gasteiger partial charge in [-0.2, -0.15) is 0 Å². The summed E-state index contributed by atoms with van der Waals surface area (Å²) in [6.07, 6.45) is 5.64. The molecule has 2 heterocycles. The molecular formula is C18H22N2OS. The molecule has 0 spiro atoms. The minimum atomic E-state index is 0.0518. The molecule has 22 heavy (non-hydrogen) atoms. The predicted octanol–water partition coefficient (Wildman–Crippen LogP) is 3.21. The molecule has 0 unspecified atom stereocenters. The summed E-state index contributed by atoms with van der Waals surface area (Å²) in [5, 5.41) is 12.4. The van der Waals surface area contributed by atoms with Crippen LogP contribution in [0, 0.1) is 0 Å². The van der Waals surface area contributed by atoms with E-state index in [0.29, 0.717) is 12.0 Å². The zero-order valence-corrected chi connectivity index (χ0v) is 14.2. The molecule has 2 atom stereocenters. The van der Waals surface area contributed by atoms with Gasteiger partial charge in [0.25, 0.3) is 0 Å². The molecule has 0 radical (unpaired) electrons. The van der Waals surface area contributed by atoms with Crippen LogP contribution < -0.4 is 0 Å². The van der Waals surface area contributed by atoms with Crippen LogP contribution in [0.2, 0.25) is 0 Å². The Balaban J connectivity index is 2.03. The maximum Gasteiger partial charge on any atom is 0.120 e. The fourth-order valence-corrected chi connectivity index (χ4v) is 5.18. The number of aliphatic hydroxyl groups excluding tert-OH is 1. The number of hydrogen-bond acceptors (Lipinski definition) is 3. The number of fused-ring (bicyclic) bond motifs is 2. The highest BCUT2D eigenvalue weighted by atomic mass is 32.2. The van der Waals surface area contributed by atoms with Crippen LogP contribution in [0.3, 0.4) is 0 Å². The van der Waals surface area contributed by atoms with Crippen LogP contribution in [0.1, 0.15) is 24.0 Å². The number of hydrogen-bond donors (Lipinski definition) is 1. The number of rotatable bonds is 2. The summed E-state index contributed by atoms with van der Waals surface area (Å²) in [5.74, 6) is 0.471. The highest BCUT2D eigenvalue weighted by Crippen LogP contribution is 2.45. The molecule has 1 N–H and O–H groups in total. The summed E-state index contributed by atoms with van der Waals surface area (Å²) < 4.78 is 2.06. The number of likely N-dealkylation sites (N-methyl/N-ethyl adjacent to an activating group) is 1. The van der Waals surface area contributed by atoms with Crippen LogP contribution in [0.15, 0.2) is 34.9 Å². The average molecular weight is 314 g/mol. The van der Waals surface area contributed by atoms with Crippen molar-refractivity contribution in [3.63, 3.8) is 0 Å². The van der Waals surface area contributed by atoms with E-state index in [0.717, 1.165) is 13.0 Å². The molecule has 0 saturated heterocycles. The lowest BCUT2D eigenvalue weighted by molar-refractivity contribution is 0.204. The number of benzene rings is 1. The van der Waals surface area contributed by atoms with Crippen molar-refractivity contribution in [3.05, 3.63) is 41.0 Å². The van der Waals surface area contributed by atoms with Gasteiger partial charge in [0.2, 0.25) is 0 Å². The molecular weight excluding hydrogens is 292 g/mol. The maximum atomic E-state index is 9.85. The molecule has 116 valence electrons. The molecule has 0 amide bonds. The lowest BCUT2D eigenvalue weighted by Gasteiger charge is -2.41. The Morgan fingerprint density at radius 1 is 1.36 bits per heavy atom. The van der Waals surface area contributed by atoms with E-state index in [2.05, 4.69) is 54.0 Å². The van der Waals surface area contributed by atoms with E-state index in [1.54, 1.807) is 11.8 Å². The lowest BCUT2D eigenvalue weighted by Crippen LogP contribution is -2.43. The lowest BCUT2D eigenvalue weighted by atomic mass is 9.77. The second kappa shape index (κ2) is 5.15. The van der Waals surface area contributed by atoms with E-state index in [4.69, 9.17) is 0 Å². The molecule has 2 aromatic rings. The zero-order chi connectivity index (χ0) is 15.4. The normalized spacial score (nSPS) is 24.5. The molecule has 1 aromatic heterocycles. The Morgan fingerprint density at radius 3 is 2.91 bits per heavy atom. The van der Waals surface area contributed by atoms with Crippen molar-refractivity contribution in [1.82, 2.24) is 9.47 Å². The summed E-state index contributed by atoms with van der Waals surface area (Å²) in [5.41, 5.74) is 5.48. The SMILES string of the molecule is CSc1c2c3c(cccc3n1CO)[C@H]1C=C(C)CN(C)[C@@H]1C2. The Hall–Kier alpha value is -1.23. The molecule has 3 nitrogen and oxygen atoms in total. The van der Waals surface area contributed by atoms with Gasteiger partial charge < -0.3 is 9.67 Å². The van der Waals surface area contributed by atoms with E-state index >= 15 is 0 Å². The maximum absolute atomic E-state index is 9.85. The summed E-state index contributed by atoms with van der Waals surface area (Å²) in [7, 11) is 2.24. The van der Waals surface area contributed by atoms with Crippen molar-refractivity contribution in [2.75, 3.05) is 19.8 Å². The second-order valence-electron chi connectivity index (χ2n) is 6.52.